The predicted molar refractivity (Wildman–Crippen MR) is 123 cm³/mol. The molecule has 32 heavy (non-hydrogen) atoms. The molecule has 0 fully saturated rings. The predicted octanol–water partition coefficient (Wildman–Crippen LogP) is 3.81. The Bertz CT molecular complexity index is 1370. The number of nitrogens with one attached hydrogen (secondary N) is 1. The number of aromatic nitrogens is 5. The third-order valence-electron chi connectivity index (χ3n) is 5.46. The van der Waals surface area contributed by atoms with Gasteiger partial charge in [0.15, 0.2) is 5.82 Å². The highest BCUT2D eigenvalue weighted by Crippen LogP contribution is 2.26. The van der Waals surface area contributed by atoms with Gasteiger partial charge in [0.1, 0.15) is 12.2 Å². The Balaban J connectivity index is 1.42. The zero-order chi connectivity index (χ0) is 21.9. The quantitative estimate of drug-likeness (QED) is 0.451. The lowest BCUT2D eigenvalue weighted by Crippen LogP contribution is -2.24. The van der Waals surface area contributed by atoms with Crippen LogP contribution in [-0.2, 0) is 20.1 Å². The minimum absolute atomic E-state index is 0.155. The molecule has 0 aliphatic heterocycles. The van der Waals surface area contributed by atoms with Crippen molar-refractivity contribution >= 4 is 16.9 Å². The normalized spacial score (nSPS) is 11.0. The second-order valence-corrected chi connectivity index (χ2v) is 7.61. The van der Waals surface area contributed by atoms with Gasteiger partial charge in [0, 0.05) is 24.7 Å². The summed E-state index contributed by atoms with van der Waals surface area (Å²) < 4.78 is 3.99. The Morgan fingerprint density at radius 1 is 0.938 bits per heavy atom. The summed E-state index contributed by atoms with van der Waals surface area (Å²) >= 11 is 0. The van der Waals surface area contributed by atoms with Crippen molar-refractivity contribution in [3.8, 4) is 11.4 Å². The standard InChI is InChI=1S/C25H22N6O/c1-30-17-27-29-23(30)15-26-25(32)20-13-11-19(12-14-20)24-28-21-9-5-6-10-22(21)31(24)16-18-7-3-2-4-8-18/h2-14,17H,15-16H2,1H3,(H,26,32). The number of para-hydroxylation sites is 2. The molecule has 0 radical (unpaired) electrons. The summed E-state index contributed by atoms with van der Waals surface area (Å²) in [7, 11) is 1.85. The molecule has 0 unspecified atom stereocenters. The SMILES string of the molecule is Cn1cnnc1CNC(=O)c1ccc(-c2nc3ccccc3n2Cc2ccccc2)cc1. The van der Waals surface area contributed by atoms with E-state index in [1.54, 1.807) is 10.9 Å². The Morgan fingerprint density at radius 2 is 1.69 bits per heavy atom. The second kappa shape index (κ2) is 8.47. The third-order valence-corrected chi connectivity index (χ3v) is 5.46. The van der Waals surface area contributed by atoms with Crippen LogP contribution in [0.1, 0.15) is 21.7 Å². The Morgan fingerprint density at radius 3 is 2.44 bits per heavy atom. The van der Waals surface area contributed by atoms with Crippen molar-refractivity contribution in [3.05, 3.63) is 102 Å². The van der Waals surface area contributed by atoms with Gasteiger partial charge in [-0.05, 0) is 29.8 Å². The Kier molecular flexibility index (Phi) is 5.21. The molecule has 1 N–H and O–H groups in total. The summed E-state index contributed by atoms with van der Waals surface area (Å²) in [6.45, 7) is 1.04. The summed E-state index contributed by atoms with van der Waals surface area (Å²) in [4.78, 5) is 17.4. The van der Waals surface area contributed by atoms with Crippen molar-refractivity contribution in [3.63, 3.8) is 0 Å². The van der Waals surface area contributed by atoms with E-state index in [1.165, 1.54) is 5.56 Å². The first-order chi connectivity index (χ1) is 15.7. The van der Waals surface area contributed by atoms with Crippen LogP contribution in [0.4, 0.5) is 0 Å². The fourth-order valence-electron chi connectivity index (χ4n) is 3.72. The van der Waals surface area contributed by atoms with Crippen LogP contribution in [0.5, 0.6) is 0 Å². The lowest BCUT2D eigenvalue weighted by Gasteiger charge is -2.10. The monoisotopic (exact) mass is 422 g/mol. The first-order valence-corrected chi connectivity index (χ1v) is 10.4. The van der Waals surface area contributed by atoms with Gasteiger partial charge >= 0.3 is 0 Å². The zero-order valence-electron chi connectivity index (χ0n) is 17.6. The maximum absolute atomic E-state index is 12.6. The molecular formula is C25H22N6O. The van der Waals surface area contributed by atoms with Crippen LogP contribution >= 0.6 is 0 Å². The third kappa shape index (κ3) is 3.88. The fraction of sp³-hybridized carbons (Fsp3) is 0.120. The highest BCUT2D eigenvalue weighted by Gasteiger charge is 2.14. The molecule has 0 spiro atoms. The molecule has 7 nitrogen and oxygen atoms in total. The van der Waals surface area contributed by atoms with Gasteiger partial charge in [-0.15, -0.1) is 10.2 Å². The Labute approximate surface area is 185 Å². The van der Waals surface area contributed by atoms with Crippen LogP contribution in [-0.4, -0.2) is 30.2 Å². The molecule has 0 bridgehead atoms. The van der Waals surface area contributed by atoms with E-state index in [2.05, 4.69) is 38.3 Å². The van der Waals surface area contributed by atoms with Crippen LogP contribution in [0, 0.1) is 0 Å². The van der Waals surface area contributed by atoms with Crippen molar-refractivity contribution in [1.82, 2.24) is 29.6 Å². The average molecular weight is 422 g/mol. The van der Waals surface area contributed by atoms with Gasteiger partial charge < -0.3 is 14.5 Å². The minimum Gasteiger partial charge on any atom is -0.345 e. The molecule has 0 saturated carbocycles. The van der Waals surface area contributed by atoms with Crippen LogP contribution < -0.4 is 5.32 Å². The van der Waals surface area contributed by atoms with Crippen molar-refractivity contribution in [1.29, 1.82) is 0 Å². The minimum atomic E-state index is -0.155. The molecule has 0 atom stereocenters. The lowest BCUT2D eigenvalue weighted by atomic mass is 10.1. The summed E-state index contributed by atoms with van der Waals surface area (Å²) in [5.41, 5.74) is 4.78. The number of carbonyl (C=O) groups excluding carboxylic acids is 1. The lowest BCUT2D eigenvalue weighted by molar-refractivity contribution is 0.0949. The summed E-state index contributed by atoms with van der Waals surface area (Å²) in [5, 5.41) is 10.7. The molecule has 158 valence electrons. The first-order valence-electron chi connectivity index (χ1n) is 10.4. The van der Waals surface area contributed by atoms with Gasteiger partial charge in [-0.2, -0.15) is 0 Å². The molecule has 3 aromatic carbocycles. The smallest absolute Gasteiger partial charge is 0.251 e. The molecule has 5 aromatic rings. The molecule has 0 aliphatic rings. The summed E-state index contributed by atoms with van der Waals surface area (Å²) in [6, 6.07) is 26.0. The van der Waals surface area contributed by atoms with Crippen molar-refractivity contribution in [2.45, 2.75) is 13.1 Å². The van der Waals surface area contributed by atoms with E-state index in [0.717, 1.165) is 29.0 Å². The fourth-order valence-corrected chi connectivity index (χ4v) is 3.72. The maximum atomic E-state index is 12.6. The van der Waals surface area contributed by atoms with Crippen LogP contribution in [0.3, 0.4) is 0 Å². The van der Waals surface area contributed by atoms with E-state index in [4.69, 9.17) is 4.98 Å². The maximum Gasteiger partial charge on any atom is 0.251 e. The molecule has 0 aliphatic carbocycles. The number of carbonyl (C=O) groups is 1. The number of amides is 1. The van der Waals surface area contributed by atoms with Gasteiger partial charge in [-0.3, -0.25) is 4.79 Å². The number of hydrogen-bond acceptors (Lipinski definition) is 4. The van der Waals surface area contributed by atoms with Crippen molar-refractivity contribution < 1.29 is 4.79 Å². The highest BCUT2D eigenvalue weighted by atomic mass is 16.1. The topological polar surface area (TPSA) is 77.6 Å². The van der Waals surface area contributed by atoms with Crippen LogP contribution in [0.25, 0.3) is 22.4 Å². The number of rotatable bonds is 6. The molecule has 5 rings (SSSR count). The molecule has 2 heterocycles. The largest absolute Gasteiger partial charge is 0.345 e. The van der Waals surface area contributed by atoms with E-state index in [0.29, 0.717) is 17.9 Å². The van der Waals surface area contributed by atoms with Gasteiger partial charge in [0.2, 0.25) is 0 Å². The van der Waals surface area contributed by atoms with E-state index < -0.39 is 0 Å². The summed E-state index contributed by atoms with van der Waals surface area (Å²) in [6.07, 6.45) is 1.61. The molecule has 0 saturated heterocycles. The van der Waals surface area contributed by atoms with Crippen molar-refractivity contribution in [2.75, 3.05) is 0 Å². The molecule has 2 aromatic heterocycles. The second-order valence-electron chi connectivity index (χ2n) is 7.61. The van der Waals surface area contributed by atoms with Crippen molar-refractivity contribution in [2.24, 2.45) is 7.05 Å². The van der Waals surface area contributed by atoms with Gasteiger partial charge in [-0.1, -0.05) is 54.6 Å². The van der Waals surface area contributed by atoms with E-state index >= 15 is 0 Å². The summed E-state index contributed by atoms with van der Waals surface area (Å²) in [5.74, 6) is 1.42. The Hall–Kier alpha value is -4.26. The van der Waals surface area contributed by atoms with E-state index in [1.807, 2.05) is 67.7 Å². The average Bonchev–Trinajstić information content (AvgIpc) is 3.41. The van der Waals surface area contributed by atoms with Crippen LogP contribution in [0.2, 0.25) is 0 Å². The number of imidazole rings is 1. The van der Waals surface area contributed by atoms with Gasteiger partial charge in [0.25, 0.3) is 5.91 Å². The molecule has 7 heteroatoms. The number of fused-ring (bicyclic) bond motifs is 1. The van der Waals surface area contributed by atoms with E-state index in [-0.39, 0.29) is 5.91 Å². The van der Waals surface area contributed by atoms with E-state index in [9.17, 15) is 4.79 Å². The first kappa shape index (κ1) is 19.7. The molecular weight excluding hydrogens is 400 g/mol. The number of nitrogens with zero attached hydrogens (tertiary/aromatic N) is 5. The number of hydrogen-bond donors (Lipinski definition) is 1. The van der Waals surface area contributed by atoms with Crippen LogP contribution in [0.15, 0.2) is 85.2 Å². The highest BCUT2D eigenvalue weighted by molar-refractivity contribution is 5.94. The zero-order valence-corrected chi connectivity index (χ0v) is 17.6. The number of aryl methyl sites for hydroxylation is 1. The van der Waals surface area contributed by atoms with Gasteiger partial charge in [-0.25, -0.2) is 4.98 Å². The molecule has 1 amide bonds. The number of benzene rings is 3. The van der Waals surface area contributed by atoms with Gasteiger partial charge in [0.05, 0.1) is 17.6 Å².